The first-order valence-electron chi connectivity index (χ1n) is 9.12. The van der Waals surface area contributed by atoms with E-state index in [1.54, 1.807) is 12.1 Å². The highest BCUT2D eigenvalue weighted by Gasteiger charge is 2.22. The maximum Gasteiger partial charge on any atom is 0.221 e. The van der Waals surface area contributed by atoms with E-state index in [-0.39, 0.29) is 23.7 Å². The molecule has 4 heteroatoms. The lowest BCUT2D eigenvalue weighted by Gasteiger charge is -2.18. The van der Waals surface area contributed by atoms with E-state index < -0.39 is 0 Å². The van der Waals surface area contributed by atoms with Crippen LogP contribution < -0.4 is 5.32 Å². The van der Waals surface area contributed by atoms with Crippen molar-refractivity contribution in [3.05, 3.63) is 71.7 Å². The molecule has 0 saturated carbocycles. The summed E-state index contributed by atoms with van der Waals surface area (Å²) in [6.07, 6.45) is 2.46. The van der Waals surface area contributed by atoms with Crippen LogP contribution in [0.15, 0.2) is 54.7 Å². The van der Waals surface area contributed by atoms with Gasteiger partial charge in [0.2, 0.25) is 5.91 Å². The van der Waals surface area contributed by atoms with E-state index in [9.17, 15) is 9.18 Å². The van der Waals surface area contributed by atoms with Crippen molar-refractivity contribution in [2.24, 2.45) is 0 Å². The predicted octanol–water partition coefficient (Wildman–Crippen LogP) is 4.85. The molecular weight excluding hydrogens is 327 g/mol. The second kappa shape index (κ2) is 7.73. The third kappa shape index (κ3) is 3.79. The molecule has 0 aliphatic rings. The van der Waals surface area contributed by atoms with Crippen LogP contribution in [0.4, 0.5) is 4.39 Å². The summed E-state index contributed by atoms with van der Waals surface area (Å²) in [6.45, 7) is 6.87. The molecule has 1 atom stereocenters. The summed E-state index contributed by atoms with van der Waals surface area (Å²) < 4.78 is 15.6. The van der Waals surface area contributed by atoms with Crippen molar-refractivity contribution < 1.29 is 9.18 Å². The number of amides is 1. The Hall–Kier alpha value is -2.62. The highest BCUT2D eigenvalue weighted by molar-refractivity contribution is 5.86. The minimum atomic E-state index is -0.268. The minimum Gasteiger partial charge on any atom is -0.354 e. The van der Waals surface area contributed by atoms with E-state index in [0.717, 1.165) is 28.6 Å². The highest BCUT2D eigenvalue weighted by atomic mass is 19.1. The summed E-state index contributed by atoms with van der Waals surface area (Å²) in [5, 5.41) is 4.11. The van der Waals surface area contributed by atoms with Crippen molar-refractivity contribution in [2.45, 2.75) is 45.7 Å². The van der Waals surface area contributed by atoms with E-state index in [1.807, 2.05) is 26.0 Å². The Labute approximate surface area is 153 Å². The van der Waals surface area contributed by atoms with Gasteiger partial charge in [0, 0.05) is 42.0 Å². The molecule has 26 heavy (non-hydrogen) atoms. The zero-order valence-corrected chi connectivity index (χ0v) is 15.5. The number of nitrogens with one attached hydrogen (secondary N) is 1. The van der Waals surface area contributed by atoms with Gasteiger partial charge in [0.25, 0.3) is 0 Å². The molecule has 1 aromatic heterocycles. The molecule has 1 heterocycles. The lowest BCUT2D eigenvalue weighted by Crippen LogP contribution is -2.31. The maximum absolute atomic E-state index is 13.4. The van der Waals surface area contributed by atoms with E-state index in [4.69, 9.17) is 0 Å². The summed E-state index contributed by atoms with van der Waals surface area (Å²) in [5.41, 5.74) is 3.21. The van der Waals surface area contributed by atoms with Gasteiger partial charge in [-0.05, 0) is 50.1 Å². The number of para-hydroxylation sites is 1. The average molecular weight is 352 g/mol. The second-order valence-corrected chi connectivity index (χ2v) is 6.92. The Bertz CT molecular complexity index is 896. The van der Waals surface area contributed by atoms with Gasteiger partial charge in [0.15, 0.2) is 0 Å². The van der Waals surface area contributed by atoms with Crippen molar-refractivity contribution in [3.63, 3.8) is 0 Å². The molecule has 0 spiro atoms. The largest absolute Gasteiger partial charge is 0.354 e. The number of halogens is 1. The number of rotatable bonds is 6. The number of benzene rings is 2. The summed E-state index contributed by atoms with van der Waals surface area (Å²) in [7, 11) is 0. The smallest absolute Gasteiger partial charge is 0.221 e. The monoisotopic (exact) mass is 352 g/mol. The van der Waals surface area contributed by atoms with Crippen LogP contribution in [0.3, 0.4) is 0 Å². The Balaban J connectivity index is 2.08. The van der Waals surface area contributed by atoms with Gasteiger partial charge in [-0.15, -0.1) is 0 Å². The summed E-state index contributed by atoms with van der Waals surface area (Å²) in [4.78, 5) is 12.5. The first kappa shape index (κ1) is 18.2. The summed E-state index contributed by atoms with van der Waals surface area (Å²) >= 11 is 0. The normalized spacial score (nSPS) is 12.5. The number of carbonyl (C=O) groups excluding carboxylic acids is 1. The lowest BCUT2D eigenvalue weighted by atomic mass is 9.88. The van der Waals surface area contributed by atoms with Gasteiger partial charge in [-0.1, -0.05) is 30.3 Å². The Kier molecular flexibility index (Phi) is 5.40. The Morgan fingerprint density at radius 3 is 2.46 bits per heavy atom. The van der Waals surface area contributed by atoms with Gasteiger partial charge in [0.05, 0.1) is 0 Å². The first-order valence-corrected chi connectivity index (χ1v) is 9.12. The van der Waals surface area contributed by atoms with E-state index >= 15 is 0 Å². The molecule has 1 amide bonds. The number of carbonyl (C=O) groups is 1. The van der Waals surface area contributed by atoms with Crippen LogP contribution in [0.2, 0.25) is 0 Å². The van der Waals surface area contributed by atoms with Crippen molar-refractivity contribution in [2.75, 3.05) is 0 Å². The van der Waals surface area contributed by atoms with Crippen LogP contribution in [0.25, 0.3) is 10.9 Å². The summed E-state index contributed by atoms with van der Waals surface area (Å²) in [6, 6.07) is 14.8. The Morgan fingerprint density at radius 2 is 1.81 bits per heavy atom. The van der Waals surface area contributed by atoms with Crippen LogP contribution in [-0.2, 0) is 11.3 Å². The zero-order valence-electron chi connectivity index (χ0n) is 15.5. The molecule has 0 aliphatic carbocycles. The standard InChI is InChI=1S/C22H25FN2O/c1-4-25-14-20(18-7-5-6-8-21(18)25)19(13-22(26)24-15(2)3)16-9-11-17(23)12-10-16/h5-12,14-15,19H,4,13H2,1-3H3,(H,24,26)/t19-/m0/s1. The third-order valence-corrected chi connectivity index (χ3v) is 4.65. The van der Waals surface area contributed by atoms with Crippen molar-refractivity contribution >= 4 is 16.8 Å². The number of fused-ring (bicyclic) bond motifs is 1. The van der Waals surface area contributed by atoms with E-state index in [0.29, 0.717) is 6.42 Å². The molecule has 2 aromatic carbocycles. The SMILES string of the molecule is CCn1cc([C@@H](CC(=O)NC(C)C)c2ccc(F)cc2)c2ccccc21. The van der Waals surface area contributed by atoms with E-state index in [2.05, 4.69) is 35.1 Å². The highest BCUT2D eigenvalue weighted by Crippen LogP contribution is 2.34. The van der Waals surface area contributed by atoms with Crippen molar-refractivity contribution in [3.8, 4) is 0 Å². The van der Waals surface area contributed by atoms with Crippen LogP contribution >= 0.6 is 0 Å². The molecule has 0 aliphatic heterocycles. The van der Waals surface area contributed by atoms with Crippen molar-refractivity contribution in [1.29, 1.82) is 0 Å². The quantitative estimate of drug-likeness (QED) is 0.676. The lowest BCUT2D eigenvalue weighted by molar-refractivity contribution is -0.121. The number of hydrogen-bond acceptors (Lipinski definition) is 1. The molecule has 0 radical (unpaired) electrons. The third-order valence-electron chi connectivity index (χ3n) is 4.65. The van der Waals surface area contributed by atoms with Crippen LogP contribution in [0.5, 0.6) is 0 Å². The molecule has 3 aromatic rings. The van der Waals surface area contributed by atoms with Crippen LogP contribution in [-0.4, -0.2) is 16.5 Å². The second-order valence-electron chi connectivity index (χ2n) is 6.92. The topological polar surface area (TPSA) is 34.0 Å². The molecule has 3 nitrogen and oxygen atoms in total. The molecule has 0 unspecified atom stereocenters. The van der Waals surface area contributed by atoms with Crippen LogP contribution in [0.1, 0.15) is 44.2 Å². The fraction of sp³-hybridized carbons (Fsp3) is 0.318. The van der Waals surface area contributed by atoms with Gasteiger partial charge >= 0.3 is 0 Å². The predicted molar refractivity (Wildman–Crippen MR) is 104 cm³/mol. The molecule has 0 saturated heterocycles. The molecule has 3 rings (SSSR count). The molecule has 0 bridgehead atoms. The molecule has 1 N–H and O–H groups in total. The first-order chi connectivity index (χ1) is 12.5. The molecule has 136 valence electrons. The van der Waals surface area contributed by atoms with Gasteiger partial charge < -0.3 is 9.88 Å². The zero-order chi connectivity index (χ0) is 18.7. The van der Waals surface area contributed by atoms with Gasteiger partial charge in [-0.2, -0.15) is 0 Å². The van der Waals surface area contributed by atoms with E-state index in [1.165, 1.54) is 12.1 Å². The number of aryl methyl sites for hydroxylation is 1. The minimum absolute atomic E-state index is 0.00246. The van der Waals surface area contributed by atoms with Gasteiger partial charge in [-0.3, -0.25) is 4.79 Å². The fourth-order valence-corrected chi connectivity index (χ4v) is 3.48. The van der Waals surface area contributed by atoms with Crippen molar-refractivity contribution in [1.82, 2.24) is 9.88 Å². The van der Waals surface area contributed by atoms with Crippen LogP contribution in [0, 0.1) is 5.82 Å². The average Bonchev–Trinajstić information content (AvgIpc) is 2.99. The number of nitrogens with zero attached hydrogens (tertiary/aromatic N) is 1. The molecular formula is C22H25FN2O. The number of hydrogen-bond donors (Lipinski definition) is 1. The molecule has 0 fully saturated rings. The Morgan fingerprint density at radius 1 is 1.12 bits per heavy atom. The fourth-order valence-electron chi connectivity index (χ4n) is 3.48. The van der Waals surface area contributed by atoms with Gasteiger partial charge in [-0.25, -0.2) is 4.39 Å². The summed E-state index contributed by atoms with van der Waals surface area (Å²) in [5.74, 6) is -0.384. The number of aromatic nitrogens is 1. The van der Waals surface area contributed by atoms with Gasteiger partial charge in [0.1, 0.15) is 5.82 Å². The maximum atomic E-state index is 13.4.